The third kappa shape index (κ3) is 3.79. The fourth-order valence-electron chi connectivity index (χ4n) is 7.25. The summed E-state index contributed by atoms with van der Waals surface area (Å²) in [7, 11) is 0. The summed E-state index contributed by atoms with van der Waals surface area (Å²) >= 11 is 0. The van der Waals surface area contributed by atoms with Gasteiger partial charge in [0.1, 0.15) is 17.9 Å². The van der Waals surface area contributed by atoms with E-state index in [4.69, 9.17) is 0 Å². The van der Waals surface area contributed by atoms with Gasteiger partial charge in [-0.15, -0.1) is 10.2 Å². The number of amides is 1. The van der Waals surface area contributed by atoms with Gasteiger partial charge in [-0.3, -0.25) is 14.2 Å². The van der Waals surface area contributed by atoms with E-state index in [2.05, 4.69) is 30.7 Å². The number of carbonyl (C=O) groups excluding carboxylic acids is 1. The summed E-state index contributed by atoms with van der Waals surface area (Å²) in [5.74, 6) is 3.12. The van der Waals surface area contributed by atoms with Crippen molar-refractivity contribution in [3.05, 3.63) is 60.3 Å². The molecule has 178 valence electrons. The average molecular weight is 469 g/mol. The zero-order valence-electron chi connectivity index (χ0n) is 19.5. The molecule has 0 atom stereocenters. The van der Waals surface area contributed by atoms with E-state index in [-0.39, 0.29) is 5.91 Å². The number of rotatable bonds is 6. The first-order valence-electron chi connectivity index (χ1n) is 12.6. The minimum absolute atomic E-state index is 0.0342. The SMILES string of the molecule is O=C(NCC12CC3CC(CC(C3)C1)C2)c1cccc2nc(Cn3nnc(-c4cccnc4)n3)cn12. The minimum atomic E-state index is -0.0342. The Labute approximate surface area is 203 Å². The Morgan fingerprint density at radius 2 is 1.86 bits per heavy atom. The molecule has 4 aliphatic rings. The molecule has 0 aromatic carbocycles. The number of nitrogens with one attached hydrogen (secondary N) is 1. The third-order valence-electron chi connectivity index (χ3n) is 8.24. The predicted molar refractivity (Wildman–Crippen MR) is 128 cm³/mol. The summed E-state index contributed by atoms with van der Waals surface area (Å²) in [6.45, 7) is 1.15. The van der Waals surface area contributed by atoms with Crippen LogP contribution in [0, 0.1) is 23.2 Å². The minimum Gasteiger partial charge on any atom is -0.350 e. The second-order valence-electron chi connectivity index (χ2n) is 10.9. The predicted octanol–water partition coefficient (Wildman–Crippen LogP) is 3.38. The van der Waals surface area contributed by atoms with Crippen molar-refractivity contribution in [1.29, 1.82) is 0 Å². The molecule has 1 N–H and O–H groups in total. The van der Waals surface area contributed by atoms with Crippen LogP contribution in [0.15, 0.2) is 48.9 Å². The van der Waals surface area contributed by atoms with Crippen LogP contribution in [0.3, 0.4) is 0 Å². The molecule has 0 spiro atoms. The number of tetrazole rings is 1. The molecule has 4 heterocycles. The summed E-state index contributed by atoms with van der Waals surface area (Å²) in [6.07, 6.45) is 13.4. The Balaban J connectivity index is 1.08. The second-order valence-corrected chi connectivity index (χ2v) is 10.9. The summed E-state index contributed by atoms with van der Waals surface area (Å²) in [6, 6.07) is 9.40. The van der Waals surface area contributed by atoms with Crippen molar-refractivity contribution in [1.82, 2.24) is 39.9 Å². The number of carbonyl (C=O) groups is 1. The van der Waals surface area contributed by atoms with Gasteiger partial charge < -0.3 is 5.32 Å². The Hall–Kier alpha value is -3.62. The third-order valence-corrected chi connectivity index (χ3v) is 8.24. The van der Waals surface area contributed by atoms with E-state index in [1.165, 1.54) is 43.3 Å². The fourth-order valence-corrected chi connectivity index (χ4v) is 7.25. The Morgan fingerprint density at radius 1 is 1.06 bits per heavy atom. The lowest BCUT2D eigenvalue weighted by Crippen LogP contribution is -2.51. The maximum absolute atomic E-state index is 13.3. The standard InChI is InChI=1S/C26H28N8O/c35-25(28-16-26-10-17-7-18(11-26)9-19(8-17)12-26)22-4-1-5-23-29-21(14-33(22)23)15-34-31-24(30-32-34)20-3-2-6-27-13-20/h1-6,13-14,17-19H,7-12,15-16H2,(H,28,35). The van der Waals surface area contributed by atoms with E-state index in [0.717, 1.165) is 41.2 Å². The number of nitrogens with zero attached hydrogens (tertiary/aromatic N) is 7. The Kier molecular flexibility index (Phi) is 4.72. The normalized spacial score (nSPS) is 26.9. The van der Waals surface area contributed by atoms with Gasteiger partial charge >= 0.3 is 0 Å². The molecule has 0 aliphatic heterocycles. The monoisotopic (exact) mass is 468 g/mol. The fraction of sp³-hybridized carbons (Fsp3) is 0.462. The van der Waals surface area contributed by atoms with Crippen LogP contribution >= 0.6 is 0 Å². The molecular weight excluding hydrogens is 440 g/mol. The first kappa shape index (κ1) is 20.7. The maximum atomic E-state index is 13.3. The lowest BCUT2D eigenvalue weighted by molar-refractivity contribution is -0.0503. The van der Waals surface area contributed by atoms with Crippen LogP contribution in [0.1, 0.15) is 54.7 Å². The van der Waals surface area contributed by atoms with Crippen molar-refractivity contribution in [2.75, 3.05) is 6.54 Å². The van der Waals surface area contributed by atoms with Gasteiger partial charge in [0, 0.05) is 30.7 Å². The molecule has 4 saturated carbocycles. The molecule has 1 amide bonds. The second kappa shape index (κ2) is 7.96. The number of hydrogen-bond donors (Lipinski definition) is 1. The first-order valence-corrected chi connectivity index (χ1v) is 12.6. The lowest BCUT2D eigenvalue weighted by Gasteiger charge is -2.56. The van der Waals surface area contributed by atoms with Crippen molar-refractivity contribution < 1.29 is 4.79 Å². The van der Waals surface area contributed by atoms with Gasteiger partial charge in [0.2, 0.25) is 5.82 Å². The largest absolute Gasteiger partial charge is 0.350 e. The van der Waals surface area contributed by atoms with Crippen LogP contribution in [0.2, 0.25) is 0 Å². The molecular formula is C26H28N8O. The van der Waals surface area contributed by atoms with Crippen LogP contribution < -0.4 is 5.32 Å². The van der Waals surface area contributed by atoms with E-state index < -0.39 is 0 Å². The lowest BCUT2D eigenvalue weighted by atomic mass is 9.49. The van der Waals surface area contributed by atoms with E-state index >= 15 is 0 Å². The van der Waals surface area contributed by atoms with Gasteiger partial charge in [-0.1, -0.05) is 6.07 Å². The molecule has 35 heavy (non-hydrogen) atoms. The number of pyridine rings is 2. The summed E-state index contributed by atoms with van der Waals surface area (Å²) in [5, 5.41) is 16.0. The van der Waals surface area contributed by atoms with E-state index in [0.29, 0.717) is 23.5 Å². The molecule has 4 aromatic heterocycles. The highest BCUT2D eigenvalue weighted by atomic mass is 16.1. The smallest absolute Gasteiger partial charge is 0.268 e. The van der Waals surface area contributed by atoms with Gasteiger partial charge in [0.05, 0.1) is 5.69 Å². The highest BCUT2D eigenvalue weighted by molar-refractivity contribution is 5.93. The van der Waals surface area contributed by atoms with Crippen molar-refractivity contribution in [3.8, 4) is 11.4 Å². The topological polar surface area (TPSA) is 103 Å². The van der Waals surface area contributed by atoms with Crippen LogP contribution in [0.4, 0.5) is 0 Å². The summed E-state index contributed by atoms with van der Waals surface area (Å²) < 4.78 is 1.86. The Morgan fingerprint density at radius 3 is 2.60 bits per heavy atom. The van der Waals surface area contributed by atoms with Crippen LogP contribution in [0.5, 0.6) is 0 Å². The molecule has 9 nitrogen and oxygen atoms in total. The van der Waals surface area contributed by atoms with Crippen LogP contribution in [0.25, 0.3) is 17.0 Å². The number of hydrogen-bond acceptors (Lipinski definition) is 6. The molecule has 8 rings (SSSR count). The quantitative estimate of drug-likeness (QED) is 0.465. The molecule has 0 unspecified atom stereocenters. The van der Waals surface area contributed by atoms with Crippen molar-refractivity contribution in [3.63, 3.8) is 0 Å². The summed E-state index contributed by atoms with van der Waals surface area (Å²) in [4.78, 5) is 23.6. The zero-order valence-corrected chi connectivity index (χ0v) is 19.5. The van der Waals surface area contributed by atoms with Gasteiger partial charge in [0.25, 0.3) is 5.91 Å². The molecule has 0 saturated heterocycles. The summed E-state index contributed by atoms with van der Waals surface area (Å²) in [5.41, 5.74) is 3.22. The van der Waals surface area contributed by atoms with E-state index in [1.807, 2.05) is 40.9 Å². The van der Waals surface area contributed by atoms with Crippen LogP contribution in [-0.4, -0.2) is 47.0 Å². The van der Waals surface area contributed by atoms with Gasteiger partial charge in [-0.05, 0) is 91.2 Å². The number of imidazole rings is 1. The number of aromatic nitrogens is 7. The highest BCUT2D eigenvalue weighted by Gasteiger charge is 2.50. The van der Waals surface area contributed by atoms with E-state index in [1.54, 1.807) is 12.4 Å². The first-order chi connectivity index (χ1) is 17.1. The van der Waals surface area contributed by atoms with Gasteiger partial charge in [-0.2, -0.15) is 4.80 Å². The Bertz CT molecular complexity index is 1360. The van der Waals surface area contributed by atoms with E-state index in [9.17, 15) is 4.79 Å². The number of fused-ring (bicyclic) bond motifs is 1. The molecule has 4 aliphatic carbocycles. The molecule has 4 fully saturated rings. The molecule has 9 heteroatoms. The van der Waals surface area contributed by atoms with Gasteiger partial charge in [0.15, 0.2) is 0 Å². The maximum Gasteiger partial charge on any atom is 0.268 e. The molecule has 4 aromatic rings. The highest BCUT2D eigenvalue weighted by Crippen LogP contribution is 2.59. The molecule has 0 radical (unpaired) electrons. The van der Waals surface area contributed by atoms with Crippen molar-refractivity contribution in [2.45, 2.75) is 45.1 Å². The zero-order chi connectivity index (χ0) is 23.4. The molecule has 4 bridgehead atoms. The average Bonchev–Trinajstić information content (AvgIpc) is 3.49. The van der Waals surface area contributed by atoms with Gasteiger partial charge in [-0.25, -0.2) is 4.98 Å². The van der Waals surface area contributed by atoms with Crippen molar-refractivity contribution >= 4 is 11.6 Å². The van der Waals surface area contributed by atoms with Crippen LogP contribution in [-0.2, 0) is 6.54 Å². The van der Waals surface area contributed by atoms with Crippen molar-refractivity contribution in [2.24, 2.45) is 23.2 Å².